The smallest absolute Gasteiger partial charge is 0.197 e. The summed E-state index contributed by atoms with van der Waals surface area (Å²) in [6, 6.07) is 0. The van der Waals surface area contributed by atoms with Crippen LogP contribution in [0.1, 0.15) is 4.88 Å². The number of anilines is 1. The van der Waals surface area contributed by atoms with E-state index in [1.54, 1.807) is 34.4 Å². The van der Waals surface area contributed by atoms with Crippen molar-refractivity contribution in [2.45, 2.75) is 10.1 Å². The molecule has 2 rings (SSSR count). The topological polar surface area (TPSA) is 63.8 Å². The van der Waals surface area contributed by atoms with Gasteiger partial charge in [0.1, 0.15) is 4.34 Å². The van der Waals surface area contributed by atoms with Crippen LogP contribution in [0.15, 0.2) is 22.1 Å². The van der Waals surface area contributed by atoms with Crippen LogP contribution in [0, 0.1) is 0 Å². The molecule has 0 bridgehead atoms. The number of nitrogen functional groups attached to an aromatic ring is 1. The second kappa shape index (κ2) is 4.74. The van der Waals surface area contributed by atoms with E-state index in [0.717, 1.165) is 15.2 Å². The Hall–Kier alpha value is -0.630. The molecule has 0 aliphatic heterocycles. The average molecular weight is 244 g/mol. The third kappa shape index (κ3) is 2.44. The lowest BCUT2D eigenvalue weighted by Gasteiger charge is -1.92. The zero-order valence-electron chi connectivity index (χ0n) is 7.14. The summed E-state index contributed by atoms with van der Waals surface area (Å²) in [6.45, 7) is 0. The summed E-state index contributed by atoms with van der Waals surface area (Å²) in [5.41, 5.74) is 2.53. The van der Waals surface area contributed by atoms with E-state index in [1.807, 2.05) is 17.8 Å². The highest BCUT2D eigenvalue weighted by Crippen LogP contribution is 2.27. The molecule has 0 saturated heterocycles. The van der Waals surface area contributed by atoms with E-state index in [9.17, 15) is 0 Å². The number of hydrogen-bond acceptors (Lipinski definition) is 7. The Balaban J connectivity index is 1.92. The molecule has 0 aliphatic rings. The number of nitrogens with one attached hydrogen (secondary N) is 1. The first-order valence-electron chi connectivity index (χ1n) is 3.82. The monoisotopic (exact) mass is 244 g/mol. The van der Waals surface area contributed by atoms with Gasteiger partial charge in [-0.3, -0.25) is 5.43 Å². The lowest BCUT2D eigenvalue weighted by Crippen LogP contribution is -2.05. The van der Waals surface area contributed by atoms with E-state index >= 15 is 0 Å². The van der Waals surface area contributed by atoms with Crippen LogP contribution < -0.4 is 11.3 Å². The Morgan fingerprint density at radius 3 is 3.07 bits per heavy atom. The Kier molecular flexibility index (Phi) is 3.35. The first-order chi connectivity index (χ1) is 6.88. The largest absolute Gasteiger partial charge is 0.300 e. The van der Waals surface area contributed by atoms with E-state index in [4.69, 9.17) is 5.84 Å². The summed E-state index contributed by atoms with van der Waals surface area (Å²) in [5.74, 6) is 6.13. The predicted molar refractivity (Wildman–Crippen MR) is 61.6 cm³/mol. The number of nitrogens with zero attached hydrogens (tertiary/aromatic N) is 2. The van der Waals surface area contributed by atoms with Crippen molar-refractivity contribution in [1.82, 2.24) is 9.97 Å². The molecule has 0 unspecified atom stereocenters. The first kappa shape index (κ1) is 9.91. The van der Waals surface area contributed by atoms with Crippen molar-refractivity contribution in [2.75, 3.05) is 5.43 Å². The lowest BCUT2D eigenvalue weighted by atomic mass is 10.6. The number of aromatic nitrogens is 2. The summed E-state index contributed by atoms with van der Waals surface area (Å²) in [4.78, 5) is 9.46. The van der Waals surface area contributed by atoms with Crippen LogP contribution in [0.5, 0.6) is 0 Å². The fourth-order valence-corrected chi connectivity index (χ4v) is 3.24. The summed E-state index contributed by atoms with van der Waals surface area (Å²) < 4.78 is 1.08. The molecule has 2 aromatic heterocycles. The SMILES string of the molecule is NNc1ncc(CSc2nccs2)s1. The van der Waals surface area contributed by atoms with E-state index < -0.39 is 0 Å². The van der Waals surface area contributed by atoms with Gasteiger partial charge in [0.05, 0.1) is 0 Å². The van der Waals surface area contributed by atoms with Crippen LogP contribution in [0.4, 0.5) is 5.13 Å². The molecule has 0 saturated carbocycles. The van der Waals surface area contributed by atoms with Gasteiger partial charge in [-0.15, -0.1) is 22.7 Å². The third-order valence-electron chi connectivity index (χ3n) is 1.42. The van der Waals surface area contributed by atoms with E-state index in [2.05, 4.69) is 15.4 Å². The second-order valence-corrected chi connectivity index (χ2v) is 5.59. The summed E-state index contributed by atoms with van der Waals surface area (Å²) in [7, 11) is 0. The van der Waals surface area contributed by atoms with Crippen molar-refractivity contribution < 1.29 is 0 Å². The molecule has 14 heavy (non-hydrogen) atoms. The number of hydrazine groups is 1. The highest BCUT2D eigenvalue weighted by molar-refractivity contribution is 8.00. The molecule has 4 nitrogen and oxygen atoms in total. The summed E-state index contributed by atoms with van der Waals surface area (Å²) in [5, 5.41) is 2.72. The molecule has 0 radical (unpaired) electrons. The molecule has 74 valence electrons. The standard InChI is InChI=1S/C7H8N4S3/c8-11-6-10-3-5(14-6)4-13-7-9-1-2-12-7/h1-3H,4,8H2,(H,10,11). The molecule has 3 N–H and O–H groups in total. The molecule has 0 amide bonds. The van der Waals surface area contributed by atoms with Crippen molar-refractivity contribution >= 4 is 39.6 Å². The van der Waals surface area contributed by atoms with Crippen LogP contribution in [0.25, 0.3) is 0 Å². The van der Waals surface area contributed by atoms with Gasteiger partial charge in [0, 0.05) is 28.4 Å². The minimum atomic E-state index is 0.750. The summed E-state index contributed by atoms with van der Waals surface area (Å²) in [6.07, 6.45) is 3.65. The van der Waals surface area contributed by atoms with Crippen molar-refractivity contribution in [1.29, 1.82) is 0 Å². The Bertz CT molecular complexity index is 383. The highest BCUT2D eigenvalue weighted by Gasteiger charge is 2.02. The average Bonchev–Trinajstić information content (AvgIpc) is 2.86. The molecule has 2 aromatic rings. The van der Waals surface area contributed by atoms with Crippen molar-refractivity contribution in [3.63, 3.8) is 0 Å². The second-order valence-electron chi connectivity index (χ2n) is 2.36. The minimum Gasteiger partial charge on any atom is -0.300 e. The van der Waals surface area contributed by atoms with Gasteiger partial charge in [-0.1, -0.05) is 11.8 Å². The third-order valence-corrected chi connectivity index (χ3v) is 4.55. The van der Waals surface area contributed by atoms with Gasteiger partial charge in [-0.25, -0.2) is 15.8 Å². The van der Waals surface area contributed by atoms with Crippen molar-refractivity contribution in [2.24, 2.45) is 5.84 Å². The van der Waals surface area contributed by atoms with E-state index in [-0.39, 0.29) is 0 Å². The molecular weight excluding hydrogens is 236 g/mol. The number of nitrogens with two attached hydrogens (primary N) is 1. The molecule has 0 atom stereocenters. The molecule has 0 aliphatic carbocycles. The number of hydrogen-bond donors (Lipinski definition) is 2. The number of thioether (sulfide) groups is 1. The van der Waals surface area contributed by atoms with Crippen LogP contribution >= 0.6 is 34.4 Å². The van der Waals surface area contributed by atoms with E-state index in [0.29, 0.717) is 0 Å². The first-order valence-corrected chi connectivity index (χ1v) is 6.50. The van der Waals surface area contributed by atoms with Gasteiger partial charge in [0.25, 0.3) is 0 Å². The van der Waals surface area contributed by atoms with E-state index in [1.165, 1.54) is 4.88 Å². The van der Waals surface area contributed by atoms with Gasteiger partial charge in [0.15, 0.2) is 5.13 Å². The van der Waals surface area contributed by atoms with Crippen LogP contribution in [-0.4, -0.2) is 9.97 Å². The highest BCUT2D eigenvalue weighted by atomic mass is 32.2. The van der Waals surface area contributed by atoms with Crippen LogP contribution in [0.2, 0.25) is 0 Å². The Morgan fingerprint density at radius 2 is 2.43 bits per heavy atom. The zero-order valence-corrected chi connectivity index (χ0v) is 9.59. The van der Waals surface area contributed by atoms with Gasteiger partial charge in [-0.2, -0.15) is 0 Å². The molecule has 0 aromatic carbocycles. The zero-order chi connectivity index (χ0) is 9.80. The summed E-state index contributed by atoms with van der Waals surface area (Å²) >= 11 is 4.93. The van der Waals surface area contributed by atoms with Crippen LogP contribution in [0.3, 0.4) is 0 Å². The lowest BCUT2D eigenvalue weighted by molar-refractivity contribution is 1.24. The van der Waals surface area contributed by atoms with Crippen LogP contribution in [-0.2, 0) is 5.75 Å². The molecule has 0 fully saturated rings. The molecule has 2 heterocycles. The number of thiazole rings is 2. The fourth-order valence-electron chi connectivity index (χ4n) is 0.855. The Morgan fingerprint density at radius 1 is 1.50 bits per heavy atom. The van der Waals surface area contributed by atoms with Gasteiger partial charge in [-0.05, 0) is 0 Å². The maximum atomic E-state index is 5.23. The predicted octanol–water partition coefficient (Wildman–Crippen LogP) is 2.18. The molecular formula is C7H8N4S3. The quantitative estimate of drug-likeness (QED) is 0.490. The minimum absolute atomic E-state index is 0.750. The van der Waals surface area contributed by atoms with Crippen molar-refractivity contribution in [3.05, 3.63) is 22.7 Å². The normalized spacial score (nSPS) is 10.4. The Labute approximate surface area is 93.6 Å². The van der Waals surface area contributed by atoms with Crippen molar-refractivity contribution in [3.8, 4) is 0 Å². The number of rotatable bonds is 4. The fraction of sp³-hybridized carbons (Fsp3) is 0.143. The van der Waals surface area contributed by atoms with Gasteiger partial charge < -0.3 is 0 Å². The van der Waals surface area contributed by atoms with Gasteiger partial charge in [0.2, 0.25) is 0 Å². The maximum absolute atomic E-state index is 5.23. The van der Waals surface area contributed by atoms with Gasteiger partial charge >= 0.3 is 0 Å². The molecule has 0 spiro atoms. The maximum Gasteiger partial charge on any atom is 0.197 e. The molecule has 7 heteroatoms.